The standard InChI is InChI=1S/C32H40N4O4/c37-29(19-40-26-5-3-24(4-6-26)32-15-20-10-21(16-32)12-22(11-20)17-32)35-28-14-25-13-23(28)18-36(25)30(38)7-9-34-31(39)27-2-1-8-33-27/h1-6,8,20-23,25,28,33H,7,9-19H2,(H,34,39)(H,35,37)/t20?,21?,22?,23-,25-,28-,32?/m1/s1. The number of aromatic amines is 1. The van der Waals surface area contributed by atoms with Gasteiger partial charge < -0.3 is 25.3 Å². The second kappa shape index (κ2) is 10.3. The van der Waals surface area contributed by atoms with Crippen molar-refractivity contribution in [2.24, 2.45) is 23.7 Å². The summed E-state index contributed by atoms with van der Waals surface area (Å²) in [4.78, 5) is 42.3. The van der Waals surface area contributed by atoms with Gasteiger partial charge in [0.05, 0.1) is 0 Å². The first-order valence-corrected chi connectivity index (χ1v) is 15.2. The van der Waals surface area contributed by atoms with E-state index in [1.807, 2.05) is 17.0 Å². The van der Waals surface area contributed by atoms with E-state index in [0.717, 1.165) is 36.3 Å². The molecule has 5 saturated carbocycles. The molecule has 40 heavy (non-hydrogen) atoms. The van der Waals surface area contributed by atoms with Crippen molar-refractivity contribution in [3.63, 3.8) is 0 Å². The number of piperidine rings is 1. The first kappa shape index (κ1) is 25.7. The number of carbonyl (C=O) groups is 3. The average Bonchev–Trinajstić information content (AvgIpc) is 3.70. The van der Waals surface area contributed by atoms with Gasteiger partial charge in [-0.05, 0) is 110 Å². The van der Waals surface area contributed by atoms with E-state index in [9.17, 15) is 14.4 Å². The minimum atomic E-state index is -0.204. The van der Waals surface area contributed by atoms with Crippen LogP contribution in [0.25, 0.3) is 0 Å². The molecule has 6 fully saturated rings. The van der Waals surface area contributed by atoms with Crippen molar-refractivity contribution in [3.8, 4) is 5.75 Å². The Hall–Kier alpha value is -3.29. The van der Waals surface area contributed by atoms with Crippen molar-refractivity contribution in [3.05, 3.63) is 53.9 Å². The van der Waals surface area contributed by atoms with E-state index in [2.05, 4.69) is 27.8 Å². The van der Waals surface area contributed by atoms with Gasteiger partial charge in [0.1, 0.15) is 11.4 Å². The van der Waals surface area contributed by atoms with Crippen LogP contribution < -0.4 is 15.4 Å². The Bertz CT molecular complexity index is 1220. The fourth-order valence-electron chi connectivity index (χ4n) is 9.20. The van der Waals surface area contributed by atoms with Gasteiger partial charge >= 0.3 is 0 Å². The number of nitrogens with one attached hydrogen (secondary N) is 3. The molecule has 3 N–H and O–H groups in total. The molecule has 8 rings (SSSR count). The lowest BCUT2D eigenvalue weighted by Crippen LogP contribution is -2.49. The highest BCUT2D eigenvalue weighted by Crippen LogP contribution is 2.60. The molecular weight excluding hydrogens is 504 g/mol. The summed E-state index contributed by atoms with van der Waals surface area (Å²) in [5, 5.41) is 5.94. The lowest BCUT2D eigenvalue weighted by molar-refractivity contribution is -0.133. The molecular formula is C32H40N4O4. The highest BCUT2D eigenvalue weighted by atomic mass is 16.5. The number of ether oxygens (including phenoxy) is 1. The second-order valence-corrected chi connectivity index (χ2v) is 13.2. The van der Waals surface area contributed by atoms with Crippen LogP contribution in [0.5, 0.6) is 5.75 Å². The minimum absolute atomic E-state index is 0.00769. The Balaban J connectivity index is 0.844. The summed E-state index contributed by atoms with van der Waals surface area (Å²) >= 11 is 0. The zero-order chi connectivity index (χ0) is 27.3. The smallest absolute Gasteiger partial charge is 0.267 e. The van der Waals surface area contributed by atoms with Crippen LogP contribution in [-0.2, 0) is 15.0 Å². The van der Waals surface area contributed by atoms with Crippen LogP contribution in [0.15, 0.2) is 42.6 Å². The Morgan fingerprint density at radius 3 is 2.30 bits per heavy atom. The van der Waals surface area contributed by atoms with Crippen molar-refractivity contribution in [2.45, 2.75) is 75.3 Å². The fourth-order valence-corrected chi connectivity index (χ4v) is 9.20. The number of hydrogen-bond donors (Lipinski definition) is 3. The molecule has 1 aliphatic heterocycles. The van der Waals surface area contributed by atoms with Crippen molar-refractivity contribution >= 4 is 17.7 Å². The Kier molecular flexibility index (Phi) is 6.59. The number of H-pyrrole nitrogens is 1. The number of amides is 3. The van der Waals surface area contributed by atoms with E-state index in [1.165, 1.54) is 44.1 Å². The van der Waals surface area contributed by atoms with Crippen molar-refractivity contribution in [1.29, 1.82) is 0 Å². The van der Waals surface area contributed by atoms with Gasteiger partial charge in [0.15, 0.2) is 6.61 Å². The number of likely N-dealkylation sites (tertiary alicyclic amines) is 1. The van der Waals surface area contributed by atoms with Crippen LogP contribution in [0.1, 0.15) is 73.8 Å². The van der Waals surface area contributed by atoms with Crippen LogP contribution in [0, 0.1) is 23.7 Å². The first-order chi connectivity index (χ1) is 19.4. The van der Waals surface area contributed by atoms with E-state index in [0.29, 0.717) is 24.2 Å². The van der Waals surface area contributed by atoms with Crippen LogP contribution in [0.2, 0.25) is 0 Å². The highest BCUT2D eigenvalue weighted by Gasteiger charge is 2.51. The number of rotatable bonds is 9. The molecule has 2 heterocycles. The van der Waals surface area contributed by atoms with E-state index < -0.39 is 0 Å². The topological polar surface area (TPSA) is 104 Å². The Morgan fingerprint density at radius 1 is 0.950 bits per heavy atom. The number of aromatic nitrogens is 1. The normalized spacial score (nSPS) is 33.2. The maximum Gasteiger partial charge on any atom is 0.267 e. The molecule has 0 spiro atoms. The third kappa shape index (κ3) is 4.90. The Morgan fingerprint density at radius 2 is 1.68 bits per heavy atom. The summed E-state index contributed by atoms with van der Waals surface area (Å²) < 4.78 is 5.87. The van der Waals surface area contributed by atoms with Gasteiger partial charge in [-0.1, -0.05) is 12.1 Å². The molecule has 8 nitrogen and oxygen atoms in total. The first-order valence-electron chi connectivity index (χ1n) is 15.2. The van der Waals surface area contributed by atoms with E-state index in [4.69, 9.17) is 4.74 Å². The molecule has 0 radical (unpaired) electrons. The maximum absolute atomic E-state index is 12.8. The van der Waals surface area contributed by atoms with E-state index >= 15 is 0 Å². The molecule has 8 heteroatoms. The van der Waals surface area contributed by atoms with Gasteiger partial charge in [0.2, 0.25) is 5.91 Å². The lowest BCUT2D eigenvalue weighted by atomic mass is 9.48. The molecule has 2 aromatic rings. The lowest BCUT2D eigenvalue weighted by Gasteiger charge is -2.57. The monoisotopic (exact) mass is 544 g/mol. The quantitative estimate of drug-likeness (QED) is 0.447. The molecule has 3 atom stereocenters. The van der Waals surface area contributed by atoms with Gasteiger partial charge in [-0.3, -0.25) is 14.4 Å². The van der Waals surface area contributed by atoms with Gasteiger partial charge in [-0.15, -0.1) is 0 Å². The van der Waals surface area contributed by atoms with Gasteiger partial charge in [-0.2, -0.15) is 0 Å². The van der Waals surface area contributed by atoms with E-state index in [-0.39, 0.29) is 48.8 Å². The Labute approximate surface area is 235 Å². The third-order valence-electron chi connectivity index (χ3n) is 10.6. The predicted molar refractivity (Wildman–Crippen MR) is 150 cm³/mol. The summed E-state index contributed by atoms with van der Waals surface area (Å²) in [6.45, 7) is 0.977. The molecule has 0 unspecified atom stereocenters. The predicted octanol–water partition coefficient (Wildman–Crippen LogP) is 3.79. The zero-order valence-corrected chi connectivity index (χ0v) is 23.1. The van der Waals surface area contributed by atoms with Gasteiger partial charge in [-0.25, -0.2) is 0 Å². The third-order valence-corrected chi connectivity index (χ3v) is 10.6. The summed E-state index contributed by atoms with van der Waals surface area (Å²) in [5.41, 5.74) is 2.33. The summed E-state index contributed by atoms with van der Waals surface area (Å²) in [6.07, 6.45) is 12.0. The van der Waals surface area contributed by atoms with Crippen LogP contribution in [-0.4, -0.2) is 59.4 Å². The van der Waals surface area contributed by atoms with Gasteiger partial charge in [0.25, 0.3) is 11.8 Å². The molecule has 1 aromatic carbocycles. The molecule has 5 aliphatic carbocycles. The van der Waals surface area contributed by atoms with Crippen molar-refractivity contribution < 1.29 is 19.1 Å². The number of benzene rings is 1. The second-order valence-electron chi connectivity index (χ2n) is 13.2. The summed E-state index contributed by atoms with van der Waals surface area (Å²) in [5.74, 6) is 3.53. The average molecular weight is 545 g/mol. The van der Waals surface area contributed by atoms with Crippen molar-refractivity contribution in [1.82, 2.24) is 20.5 Å². The molecule has 1 aromatic heterocycles. The number of hydrogen-bond acceptors (Lipinski definition) is 4. The molecule has 212 valence electrons. The summed E-state index contributed by atoms with van der Waals surface area (Å²) in [7, 11) is 0. The summed E-state index contributed by atoms with van der Waals surface area (Å²) in [6, 6.07) is 12.3. The number of fused-ring (bicyclic) bond motifs is 2. The van der Waals surface area contributed by atoms with Crippen molar-refractivity contribution in [2.75, 3.05) is 19.7 Å². The molecule has 3 amide bonds. The van der Waals surface area contributed by atoms with Gasteiger partial charge in [0, 0.05) is 37.8 Å². The number of carbonyl (C=O) groups excluding carboxylic acids is 3. The highest BCUT2D eigenvalue weighted by molar-refractivity contribution is 5.92. The molecule has 1 saturated heterocycles. The minimum Gasteiger partial charge on any atom is -0.484 e. The maximum atomic E-state index is 12.8. The SMILES string of the molecule is O=C(COc1ccc(C23CC4CC(CC(C4)C2)C3)cc1)N[C@@H]1C[C@H]2C[C@@H]1CN2C(=O)CCNC(=O)c1ccc[nH]1. The molecule has 6 bridgehead atoms. The largest absolute Gasteiger partial charge is 0.484 e. The van der Waals surface area contributed by atoms with Crippen LogP contribution >= 0.6 is 0 Å². The fraction of sp³-hybridized carbons (Fsp3) is 0.594. The van der Waals surface area contributed by atoms with Crippen LogP contribution in [0.4, 0.5) is 0 Å². The van der Waals surface area contributed by atoms with Crippen LogP contribution in [0.3, 0.4) is 0 Å². The molecule has 6 aliphatic rings. The van der Waals surface area contributed by atoms with E-state index in [1.54, 1.807) is 18.3 Å². The number of nitrogens with zero attached hydrogens (tertiary/aromatic N) is 1. The zero-order valence-electron chi connectivity index (χ0n) is 23.1.